The van der Waals surface area contributed by atoms with Gasteiger partial charge in [0.15, 0.2) is 0 Å². The molecule has 3 heterocycles. The second kappa shape index (κ2) is 10.8. The van der Waals surface area contributed by atoms with Crippen molar-refractivity contribution >= 4 is 11.7 Å². The first-order valence-electron chi connectivity index (χ1n) is 13.5. The first-order valence-corrected chi connectivity index (χ1v) is 13.5. The summed E-state index contributed by atoms with van der Waals surface area (Å²) in [7, 11) is 2.00. The van der Waals surface area contributed by atoms with E-state index in [9.17, 15) is 4.79 Å². The molecule has 3 aliphatic rings. The van der Waals surface area contributed by atoms with Crippen LogP contribution < -0.4 is 9.64 Å². The molecule has 2 atom stereocenters. The second-order valence-corrected chi connectivity index (χ2v) is 11.4. The van der Waals surface area contributed by atoms with Crippen LogP contribution in [0.15, 0.2) is 24.3 Å². The highest BCUT2D eigenvalue weighted by Gasteiger charge is 2.40. The lowest BCUT2D eigenvalue weighted by Crippen LogP contribution is -2.55. The summed E-state index contributed by atoms with van der Waals surface area (Å²) in [4.78, 5) is 22.5. The molecule has 6 heteroatoms. The minimum absolute atomic E-state index is 0.180. The van der Waals surface area contributed by atoms with Gasteiger partial charge in [-0.3, -0.25) is 0 Å². The van der Waals surface area contributed by atoms with Gasteiger partial charge in [0.1, 0.15) is 5.75 Å². The third kappa shape index (κ3) is 5.64. The van der Waals surface area contributed by atoms with Gasteiger partial charge < -0.3 is 24.3 Å². The summed E-state index contributed by atoms with van der Waals surface area (Å²) < 4.78 is 5.64. The number of amides is 2. The lowest BCUT2D eigenvalue weighted by molar-refractivity contribution is 0.104. The van der Waals surface area contributed by atoms with Gasteiger partial charge in [-0.2, -0.15) is 0 Å². The number of urea groups is 1. The van der Waals surface area contributed by atoms with E-state index in [4.69, 9.17) is 4.74 Å². The van der Waals surface area contributed by atoms with Gasteiger partial charge in [0.25, 0.3) is 0 Å². The zero-order valence-electron chi connectivity index (χ0n) is 22.1. The summed E-state index contributed by atoms with van der Waals surface area (Å²) in [5.41, 5.74) is 1.42. The monoisotopic (exact) mass is 470 g/mol. The number of benzene rings is 1. The van der Waals surface area contributed by atoms with E-state index in [0.29, 0.717) is 24.6 Å². The highest BCUT2D eigenvalue weighted by Crippen LogP contribution is 2.40. The van der Waals surface area contributed by atoms with Crippen LogP contribution in [0.4, 0.5) is 10.5 Å². The van der Waals surface area contributed by atoms with Gasteiger partial charge in [-0.15, -0.1) is 0 Å². The normalized spacial score (nSPS) is 26.0. The molecule has 0 saturated carbocycles. The molecule has 6 nitrogen and oxygen atoms in total. The van der Waals surface area contributed by atoms with Gasteiger partial charge in [-0.25, -0.2) is 4.79 Å². The van der Waals surface area contributed by atoms with Gasteiger partial charge in [0, 0.05) is 51.0 Å². The first kappa shape index (κ1) is 25.2. The number of anilines is 1. The van der Waals surface area contributed by atoms with Crippen molar-refractivity contribution in [1.29, 1.82) is 0 Å². The fraction of sp³-hybridized carbons (Fsp3) is 0.750. The molecule has 190 valence electrons. The average molecular weight is 471 g/mol. The molecule has 1 aromatic rings. The van der Waals surface area contributed by atoms with Crippen molar-refractivity contribution in [2.45, 2.75) is 71.9 Å². The van der Waals surface area contributed by atoms with Crippen LogP contribution in [-0.2, 0) is 0 Å². The fourth-order valence-electron chi connectivity index (χ4n) is 6.42. The summed E-state index contributed by atoms with van der Waals surface area (Å²) in [5.74, 6) is 1.37. The standard InChI is InChI=1S/C28H46N4O2/c1-6-34-26-11-9-25(10-12-26)32-21-23(19-28(3,4)22(32)2)20-29(5)27(33)31-17-13-24(14-18-31)30-15-7-8-16-30/h9-12,22-24H,6-8,13-21H2,1-5H3. The molecule has 3 fully saturated rings. The Balaban J connectivity index is 1.35. The second-order valence-electron chi connectivity index (χ2n) is 11.4. The summed E-state index contributed by atoms with van der Waals surface area (Å²) in [5, 5.41) is 0. The molecule has 0 radical (unpaired) electrons. The van der Waals surface area contributed by atoms with Crippen molar-refractivity contribution in [3.63, 3.8) is 0 Å². The Hall–Kier alpha value is -1.95. The molecule has 4 rings (SSSR count). The van der Waals surface area contributed by atoms with Crippen molar-refractivity contribution in [1.82, 2.24) is 14.7 Å². The molecule has 0 spiro atoms. The maximum Gasteiger partial charge on any atom is 0.319 e. The molecule has 0 aliphatic carbocycles. The maximum absolute atomic E-state index is 13.3. The Kier molecular flexibility index (Phi) is 7.96. The van der Waals surface area contributed by atoms with Gasteiger partial charge >= 0.3 is 6.03 Å². The van der Waals surface area contributed by atoms with Crippen LogP contribution in [0, 0.1) is 11.3 Å². The van der Waals surface area contributed by atoms with Crippen LogP contribution in [-0.4, -0.2) is 85.7 Å². The van der Waals surface area contributed by atoms with Gasteiger partial charge in [0.05, 0.1) is 6.61 Å². The molecular formula is C28H46N4O2. The number of carbonyl (C=O) groups is 1. The fourth-order valence-corrected chi connectivity index (χ4v) is 6.42. The molecule has 2 amide bonds. The van der Waals surface area contributed by atoms with E-state index in [1.807, 2.05) is 18.9 Å². The Bertz CT molecular complexity index is 797. The molecule has 0 bridgehead atoms. The number of ether oxygens (including phenoxy) is 1. The van der Waals surface area contributed by atoms with Gasteiger partial charge in [-0.1, -0.05) is 13.8 Å². The lowest BCUT2D eigenvalue weighted by Gasteiger charge is -2.50. The number of nitrogens with zero attached hydrogens (tertiary/aromatic N) is 4. The minimum atomic E-state index is 0.180. The molecule has 34 heavy (non-hydrogen) atoms. The number of carbonyl (C=O) groups excluding carboxylic acids is 1. The van der Waals surface area contributed by atoms with Crippen LogP contribution in [0.3, 0.4) is 0 Å². The van der Waals surface area contributed by atoms with Gasteiger partial charge in [0.2, 0.25) is 0 Å². The third-order valence-electron chi connectivity index (χ3n) is 8.60. The van der Waals surface area contributed by atoms with Crippen molar-refractivity contribution in [2.75, 3.05) is 57.8 Å². The molecule has 0 aromatic heterocycles. The van der Waals surface area contributed by atoms with E-state index < -0.39 is 0 Å². The highest BCUT2D eigenvalue weighted by molar-refractivity contribution is 5.74. The third-order valence-corrected chi connectivity index (χ3v) is 8.60. The van der Waals surface area contributed by atoms with Crippen molar-refractivity contribution in [3.8, 4) is 5.75 Å². The minimum Gasteiger partial charge on any atom is -0.494 e. The van der Waals surface area contributed by atoms with Crippen LogP contribution in [0.2, 0.25) is 0 Å². The Morgan fingerprint density at radius 3 is 2.35 bits per heavy atom. The Morgan fingerprint density at radius 2 is 1.74 bits per heavy atom. The summed E-state index contributed by atoms with van der Waals surface area (Å²) >= 11 is 0. The average Bonchev–Trinajstić information content (AvgIpc) is 3.36. The van der Waals surface area contributed by atoms with E-state index in [0.717, 1.165) is 51.2 Å². The predicted molar refractivity (Wildman–Crippen MR) is 140 cm³/mol. The van der Waals surface area contributed by atoms with Crippen LogP contribution in [0.5, 0.6) is 5.75 Å². The zero-order valence-corrected chi connectivity index (χ0v) is 22.1. The number of hydrogen-bond acceptors (Lipinski definition) is 4. The molecule has 3 saturated heterocycles. The Labute approximate surface area is 207 Å². The quantitative estimate of drug-likeness (QED) is 0.590. The van der Waals surface area contributed by atoms with E-state index in [1.165, 1.54) is 31.6 Å². The molecule has 1 aromatic carbocycles. The van der Waals surface area contributed by atoms with Crippen molar-refractivity contribution in [3.05, 3.63) is 24.3 Å². The number of rotatable bonds is 6. The summed E-state index contributed by atoms with van der Waals surface area (Å²) in [6.07, 6.45) is 6.06. The molecule has 0 N–H and O–H groups in total. The van der Waals surface area contributed by atoms with Crippen molar-refractivity contribution in [2.24, 2.45) is 11.3 Å². The van der Waals surface area contributed by atoms with Crippen LogP contribution in [0.25, 0.3) is 0 Å². The number of piperidine rings is 2. The number of likely N-dealkylation sites (tertiary alicyclic amines) is 2. The van der Waals surface area contributed by atoms with E-state index in [1.54, 1.807) is 0 Å². The first-order chi connectivity index (χ1) is 16.3. The van der Waals surface area contributed by atoms with E-state index >= 15 is 0 Å². The predicted octanol–water partition coefficient (Wildman–Crippen LogP) is 4.94. The Morgan fingerprint density at radius 1 is 1.09 bits per heavy atom. The smallest absolute Gasteiger partial charge is 0.319 e. The highest BCUT2D eigenvalue weighted by atomic mass is 16.5. The zero-order chi connectivity index (χ0) is 24.3. The maximum atomic E-state index is 13.3. The SMILES string of the molecule is CCOc1ccc(N2CC(CN(C)C(=O)N3CCC(N4CCCC4)CC3)CC(C)(C)C2C)cc1. The summed E-state index contributed by atoms with van der Waals surface area (Å²) in [6, 6.07) is 9.84. The topological polar surface area (TPSA) is 39.3 Å². The largest absolute Gasteiger partial charge is 0.494 e. The molecular weight excluding hydrogens is 424 g/mol. The van der Waals surface area contributed by atoms with Gasteiger partial charge in [-0.05, 0) is 94.6 Å². The van der Waals surface area contributed by atoms with E-state index in [-0.39, 0.29) is 11.4 Å². The van der Waals surface area contributed by atoms with Crippen LogP contribution in [0.1, 0.15) is 59.8 Å². The van der Waals surface area contributed by atoms with Crippen molar-refractivity contribution < 1.29 is 9.53 Å². The van der Waals surface area contributed by atoms with Crippen LogP contribution >= 0.6 is 0 Å². The molecule has 2 unspecified atom stereocenters. The molecule has 3 aliphatic heterocycles. The lowest BCUT2D eigenvalue weighted by atomic mass is 9.72. The summed E-state index contributed by atoms with van der Waals surface area (Å²) in [6.45, 7) is 15.9. The number of hydrogen-bond donors (Lipinski definition) is 0. The van der Waals surface area contributed by atoms with E-state index in [2.05, 4.69) is 59.7 Å².